The van der Waals surface area contributed by atoms with Crippen LogP contribution in [0.3, 0.4) is 0 Å². The summed E-state index contributed by atoms with van der Waals surface area (Å²) in [6.45, 7) is 1.92. The maximum Gasteiger partial charge on any atom is 0.152 e. The number of sulfone groups is 1. The Kier molecular flexibility index (Phi) is 3.14. The first-order chi connectivity index (χ1) is 8.34. The SMILES string of the molecule is COc1cc(NC2(C)CCS(=O)(=O)C2)ccc1N. The van der Waals surface area contributed by atoms with E-state index in [1.165, 1.54) is 0 Å². The zero-order valence-electron chi connectivity index (χ0n) is 10.6. The van der Waals surface area contributed by atoms with Gasteiger partial charge < -0.3 is 15.8 Å². The lowest BCUT2D eigenvalue weighted by molar-refractivity contribution is 0.417. The molecule has 0 aromatic heterocycles. The summed E-state index contributed by atoms with van der Waals surface area (Å²) < 4.78 is 28.2. The van der Waals surface area contributed by atoms with Crippen LogP contribution in [0.4, 0.5) is 11.4 Å². The van der Waals surface area contributed by atoms with Crippen molar-refractivity contribution in [2.24, 2.45) is 0 Å². The molecule has 1 heterocycles. The number of hydrogen-bond donors (Lipinski definition) is 2. The van der Waals surface area contributed by atoms with Crippen molar-refractivity contribution < 1.29 is 13.2 Å². The van der Waals surface area contributed by atoms with Gasteiger partial charge in [-0.25, -0.2) is 8.42 Å². The van der Waals surface area contributed by atoms with Gasteiger partial charge in [-0.15, -0.1) is 0 Å². The first-order valence-corrected chi connectivity index (χ1v) is 7.58. The van der Waals surface area contributed by atoms with Gasteiger partial charge in [0.1, 0.15) is 5.75 Å². The van der Waals surface area contributed by atoms with Gasteiger partial charge >= 0.3 is 0 Å². The molecule has 1 aromatic carbocycles. The molecule has 1 aromatic rings. The normalized spacial score (nSPS) is 25.9. The Morgan fingerprint density at radius 1 is 1.44 bits per heavy atom. The van der Waals surface area contributed by atoms with E-state index in [4.69, 9.17) is 10.5 Å². The molecule has 1 atom stereocenters. The van der Waals surface area contributed by atoms with Crippen molar-refractivity contribution in [3.63, 3.8) is 0 Å². The minimum Gasteiger partial charge on any atom is -0.495 e. The number of hydrogen-bond acceptors (Lipinski definition) is 5. The quantitative estimate of drug-likeness (QED) is 0.808. The lowest BCUT2D eigenvalue weighted by Gasteiger charge is -2.25. The summed E-state index contributed by atoms with van der Waals surface area (Å²) in [5.74, 6) is 0.986. The molecule has 0 saturated carbocycles. The van der Waals surface area contributed by atoms with Crippen LogP contribution < -0.4 is 15.8 Å². The maximum atomic E-state index is 11.5. The second-order valence-electron chi connectivity index (χ2n) is 4.98. The molecule has 18 heavy (non-hydrogen) atoms. The molecule has 0 radical (unpaired) electrons. The van der Waals surface area contributed by atoms with Gasteiger partial charge in [0, 0.05) is 17.3 Å². The zero-order chi connectivity index (χ0) is 13.4. The Balaban J connectivity index is 2.20. The third kappa shape index (κ3) is 2.69. The standard InChI is InChI=1S/C12H18N2O3S/c1-12(5-6-18(15,16)8-12)14-9-3-4-10(13)11(7-9)17-2/h3-4,7,14H,5-6,8,13H2,1-2H3. The second-order valence-corrected chi connectivity index (χ2v) is 7.17. The lowest BCUT2D eigenvalue weighted by atomic mass is 10.0. The van der Waals surface area contributed by atoms with E-state index in [-0.39, 0.29) is 11.5 Å². The van der Waals surface area contributed by atoms with Crippen molar-refractivity contribution in [3.8, 4) is 5.75 Å². The highest BCUT2D eigenvalue weighted by Gasteiger charge is 2.38. The van der Waals surface area contributed by atoms with Gasteiger partial charge in [0.15, 0.2) is 9.84 Å². The Morgan fingerprint density at radius 2 is 2.17 bits per heavy atom. The van der Waals surface area contributed by atoms with E-state index in [9.17, 15) is 8.42 Å². The average Bonchev–Trinajstić information content (AvgIpc) is 2.56. The van der Waals surface area contributed by atoms with Gasteiger partial charge in [-0.05, 0) is 25.5 Å². The van der Waals surface area contributed by atoms with Gasteiger partial charge in [0.05, 0.1) is 24.3 Å². The monoisotopic (exact) mass is 270 g/mol. The summed E-state index contributed by atoms with van der Waals surface area (Å²) in [4.78, 5) is 0. The molecular formula is C12H18N2O3S. The van der Waals surface area contributed by atoms with E-state index >= 15 is 0 Å². The van der Waals surface area contributed by atoms with Crippen molar-refractivity contribution in [2.75, 3.05) is 29.7 Å². The van der Waals surface area contributed by atoms with Gasteiger partial charge in [-0.3, -0.25) is 0 Å². The molecule has 100 valence electrons. The third-order valence-corrected chi connectivity index (χ3v) is 5.09. The smallest absolute Gasteiger partial charge is 0.152 e. The second kappa shape index (κ2) is 4.35. The Morgan fingerprint density at radius 3 is 2.72 bits per heavy atom. The fourth-order valence-corrected chi connectivity index (χ4v) is 4.34. The Bertz CT molecular complexity index is 556. The van der Waals surface area contributed by atoms with Crippen LogP contribution in [0.1, 0.15) is 13.3 Å². The number of ether oxygens (including phenoxy) is 1. The van der Waals surface area contributed by atoms with Crippen molar-refractivity contribution in [1.29, 1.82) is 0 Å². The number of methoxy groups -OCH3 is 1. The number of benzene rings is 1. The number of nitrogens with one attached hydrogen (secondary N) is 1. The van der Waals surface area contributed by atoms with Gasteiger partial charge in [-0.2, -0.15) is 0 Å². The highest BCUT2D eigenvalue weighted by Crippen LogP contribution is 2.31. The van der Waals surface area contributed by atoms with Crippen LogP contribution in [0.2, 0.25) is 0 Å². The lowest BCUT2D eigenvalue weighted by Crippen LogP contribution is -2.35. The van der Waals surface area contributed by atoms with E-state index in [1.54, 1.807) is 19.2 Å². The summed E-state index contributed by atoms with van der Waals surface area (Å²) in [5.41, 5.74) is 6.70. The predicted octanol–water partition coefficient (Wildman–Crippen LogP) is 1.27. The molecule has 0 aliphatic carbocycles. The topological polar surface area (TPSA) is 81.4 Å². The fraction of sp³-hybridized carbons (Fsp3) is 0.500. The summed E-state index contributed by atoms with van der Waals surface area (Å²) >= 11 is 0. The molecule has 0 amide bonds. The van der Waals surface area contributed by atoms with Crippen molar-refractivity contribution >= 4 is 21.2 Å². The van der Waals surface area contributed by atoms with Crippen LogP contribution in [0.5, 0.6) is 5.75 Å². The van der Waals surface area contributed by atoms with Gasteiger partial charge in [0.25, 0.3) is 0 Å². The minimum atomic E-state index is -2.92. The first-order valence-electron chi connectivity index (χ1n) is 5.76. The number of nitrogen functional groups attached to an aromatic ring is 1. The van der Waals surface area contributed by atoms with Crippen LogP contribution in [0.25, 0.3) is 0 Å². The van der Waals surface area contributed by atoms with E-state index in [2.05, 4.69) is 5.32 Å². The fourth-order valence-electron chi connectivity index (χ4n) is 2.25. The molecule has 0 bridgehead atoms. The summed E-state index contributed by atoms with van der Waals surface area (Å²) in [7, 11) is -1.36. The summed E-state index contributed by atoms with van der Waals surface area (Å²) in [6, 6.07) is 5.35. The van der Waals surface area contributed by atoms with Crippen molar-refractivity contribution in [2.45, 2.75) is 18.9 Å². The zero-order valence-corrected chi connectivity index (χ0v) is 11.4. The molecule has 6 heteroatoms. The van der Waals surface area contributed by atoms with Crippen LogP contribution in [-0.4, -0.2) is 32.6 Å². The molecule has 1 aliphatic rings. The number of anilines is 2. The van der Waals surface area contributed by atoms with Crippen LogP contribution in [0, 0.1) is 0 Å². The van der Waals surface area contributed by atoms with E-state index in [0.717, 1.165) is 5.69 Å². The van der Waals surface area contributed by atoms with Crippen molar-refractivity contribution in [1.82, 2.24) is 0 Å². The van der Waals surface area contributed by atoms with Gasteiger partial charge in [0.2, 0.25) is 0 Å². The molecule has 1 aliphatic heterocycles. The minimum absolute atomic E-state index is 0.159. The average molecular weight is 270 g/mol. The van der Waals surface area contributed by atoms with Crippen LogP contribution in [0.15, 0.2) is 18.2 Å². The number of rotatable bonds is 3. The number of nitrogens with two attached hydrogens (primary N) is 1. The molecule has 1 fully saturated rings. The third-order valence-electron chi connectivity index (χ3n) is 3.18. The predicted molar refractivity (Wildman–Crippen MR) is 72.7 cm³/mol. The summed E-state index contributed by atoms with van der Waals surface area (Å²) in [5, 5.41) is 3.26. The first kappa shape index (κ1) is 13.0. The van der Waals surface area contributed by atoms with E-state index < -0.39 is 15.4 Å². The molecule has 1 saturated heterocycles. The highest BCUT2D eigenvalue weighted by atomic mass is 32.2. The van der Waals surface area contributed by atoms with Crippen LogP contribution >= 0.6 is 0 Å². The molecular weight excluding hydrogens is 252 g/mol. The maximum absolute atomic E-state index is 11.5. The van der Waals surface area contributed by atoms with Crippen molar-refractivity contribution in [3.05, 3.63) is 18.2 Å². The Hall–Kier alpha value is -1.43. The molecule has 0 spiro atoms. The van der Waals surface area contributed by atoms with Gasteiger partial charge in [-0.1, -0.05) is 0 Å². The molecule has 1 unspecified atom stereocenters. The molecule has 3 N–H and O–H groups in total. The molecule has 2 rings (SSSR count). The highest BCUT2D eigenvalue weighted by molar-refractivity contribution is 7.91. The largest absolute Gasteiger partial charge is 0.495 e. The van der Waals surface area contributed by atoms with E-state index in [0.29, 0.717) is 17.9 Å². The molecule has 5 nitrogen and oxygen atoms in total. The summed E-state index contributed by atoms with van der Waals surface area (Å²) in [6.07, 6.45) is 0.613. The van der Waals surface area contributed by atoms with E-state index in [1.807, 2.05) is 13.0 Å². The van der Waals surface area contributed by atoms with Crippen LogP contribution in [-0.2, 0) is 9.84 Å². The Labute approximate surface area is 107 Å².